The lowest BCUT2D eigenvalue weighted by atomic mass is 10.1. The van der Waals surface area contributed by atoms with E-state index in [0.717, 1.165) is 4.90 Å². The van der Waals surface area contributed by atoms with Crippen LogP contribution < -0.4 is 5.73 Å². The monoisotopic (exact) mass is 263 g/mol. The largest absolute Gasteiger partial charge is 0.450 e. The van der Waals surface area contributed by atoms with Crippen molar-refractivity contribution in [2.24, 2.45) is 5.73 Å². The van der Waals surface area contributed by atoms with Crippen molar-refractivity contribution in [2.45, 2.75) is 18.3 Å². The second-order valence-electron chi connectivity index (χ2n) is 3.57. The highest BCUT2D eigenvalue weighted by molar-refractivity contribution is 5.81. The number of aliphatic hydroxyl groups excluding tert-OH is 3. The maximum atomic E-state index is 11.3. The van der Waals surface area contributed by atoms with Crippen LogP contribution in [0.15, 0.2) is 0 Å². The van der Waals surface area contributed by atoms with Crippen LogP contribution in [0, 0.1) is 5.41 Å². The van der Waals surface area contributed by atoms with Crippen LogP contribution in [0.25, 0.3) is 0 Å². The number of carbonyl (C=O) groups excluding carboxylic acids is 2. The number of rotatable bonds is 7. The minimum Gasteiger partial charge on any atom is -0.450 e. The van der Waals surface area contributed by atoms with Gasteiger partial charge in [-0.3, -0.25) is 15.0 Å². The van der Waals surface area contributed by atoms with Gasteiger partial charge in [-0.05, 0) is 0 Å². The summed E-state index contributed by atoms with van der Waals surface area (Å²) in [7, 11) is 1.36. The molecule has 0 aliphatic rings. The lowest BCUT2D eigenvalue weighted by Gasteiger charge is -2.23. The molecular weight excluding hydrogens is 246 g/mol. The molecule has 3 atom stereocenters. The summed E-state index contributed by atoms with van der Waals surface area (Å²) in [6.45, 7) is -1.17. The molecule has 9 heteroatoms. The van der Waals surface area contributed by atoms with E-state index >= 15 is 0 Å². The molecule has 0 unspecified atom stereocenters. The smallest absolute Gasteiger partial charge is 0.326 e. The molecule has 0 heterocycles. The molecule has 104 valence electrons. The summed E-state index contributed by atoms with van der Waals surface area (Å²) >= 11 is 0. The summed E-state index contributed by atoms with van der Waals surface area (Å²) in [6.07, 6.45) is -4.78. The zero-order chi connectivity index (χ0) is 14.3. The quantitative estimate of drug-likeness (QED) is 0.138. The van der Waals surface area contributed by atoms with E-state index < -0.39 is 30.9 Å². The zero-order valence-electron chi connectivity index (χ0n) is 9.81. The van der Waals surface area contributed by atoms with E-state index in [9.17, 15) is 14.7 Å². The Balaban J connectivity index is 4.41. The molecule has 0 saturated carbocycles. The molecule has 0 fully saturated rings. The summed E-state index contributed by atoms with van der Waals surface area (Å²) in [5.74, 6) is -1.28. The maximum absolute atomic E-state index is 11.3. The van der Waals surface area contributed by atoms with Gasteiger partial charge < -0.3 is 30.7 Å². The first-order valence-corrected chi connectivity index (χ1v) is 5.00. The number of nitrogens with two attached hydrogens (primary N) is 1. The predicted molar refractivity (Wildman–Crippen MR) is 59.6 cm³/mol. The summed E-state index contributed by atoms with van der Waals surface area (Å²) in [4.78, 5) is 23.0. The van der Waals surface area contributed by atoms with Crippen molar-refractivity contribution in [3.63, 3.8) is 0 Å². The Hall–Kier alpha value is -1.71. The van der Waals surface area contributed by atoms with Crippen LogP contribution in [-0.4, -0.2) is 76.9 Å². The molecule has 0 spiro atoms. The standard InChI is InChI=1S/C9H17N3O6/c1-12(9(10)11)2-7(16)18-6(4-14)8(17)5(15)3-13/h4-6,8,13,15,17H,2-3H2,1H3,(H3,10,11)/t5-,6+,8-/m1/s1. The first kappa shape index (κ1) is 16.3. The van der Waals surface area contributed by atoms with Gasteiger partial charge in [0.15, 0.2) is 18.3 Å². The van der Waals surface area contributed by atoms with Crippen LogP contribution in [0.2, 0.25) is 0 Å². The minimum absolute atomic E-state index is 0.134. The van der Waals surface area contributed by atoms with Gasteiger partial charge >= 0.3 is 5.97 Å². The van der Waals surface area contributed by atoms with Crippen LogP contribution in [0.1, 0.15) is 0 Å². The van der Waals surface area contributed by atoms with Crippen molar-refractivity contribution >= 4 is 18.2 Å². The van der Waals surface area contributed by atoms with Crippen molar-refractivity contribution in [3.05, 3.63) is 0 Å². The Kier molecular flexibility index (Phi) is 6.86. The van der Waals surface area contributed by atoms with E-state index in [1.807, 2.05) is 0 Å². The molecule has 18 heavy (non-hydrogen) atoms. The van der Waals surface area contributed by atoms with Crippen molar-refractivity contribution in [2.75, 3.05) is 20.2 Å². The molecule has 0 aromatic heterocycles. The molecule has 0 aromatic rings. The van der Waals surface area contributed by atoms with E-state index in [0.29, 0.717) is 0 Å². The Labute approximate surface area is 103 Å². The van der Waals surface area contributed by atoms with E-state index in [-0.39, 0.29) is 18.8 Å². The van der Waals surface area contributed by atoms with Gasteiger partial charge in [0.1, 0.15) is 18.8 Å². The normalized spacial score (nSPS) is 15.3. The maximum Gasteiger partial charge on any atom is 0.326 e. The fourth-order valence-electron chi connectivity index (χ4n) is 0.973. The van der Waals surface area contributed by atoms with Crippen molar-refractivity contribution in [1.82, 2.24) is 4.90 Å². The van der Waals surface area contributed by atoms with Crippen LogP contribution in [-0.2, 0) is 14.3 Å². The van der Waals surface area contributed by atoms with Crippen molar-refractivity contribution in [3.8, 4) is 0 Å². The molecule has 0 aliphatic carbocycles. The first-order valence-electron chi connectivity index (χ1n) is 5.00. The van der Waals surface area contributed by atoms with Gasteiger partial charge in [0, 0.05) is 7.05 Å². The summed E-state index contributed by atoms with van der Waals surface area (Å²) in [5.41, 5.74) is 5.09. The highest BCUT2D eigenvalue weighted by atomic mass is 16.6. The topological polar surface area (TPSA) is 157 Å². The third kappa shape index (κ3) is 5.08. The van der Waals surface area contributed by atoms with Gasteiger partial charge in [0.05, 0.1) is 6.61 Å². The number of esters is 1. The number of hydrogen-bond acceptors (Lipinski definition) is 7. The SMILES string of the molecule is CN(CC(=O)O[C@@H](C=O)[C@H](O)[C@H](O)CO)C(=N)N. The number of carbonyl (C=O) groups is 2. The molecule has 0 bridgehead atoms. The number of ether oxygens (including phenoxy) is 1. The lowest BCUT2D eigenvalue weighted by molar-refractivity contribution is -0.163. The van der Waals surface area contributed by atoms with Gasteiger partial charge in [-0.2, -0.15) is 0 Å². The van der Waals surface area contributed by atoms with Crippen LogP contribution in [0.3, 0.4) is 0 Å². The van der Waals surface area contributed by atoms with E-state index in [2.05, 4.69) is 4.74 Å². The molecule has 9 nitrogen and oxygen atoms in total. The van der Waals surface area contributed by atoms with Crippen LogP contribution in [0.4, 0.5) is 0 Å². The van der Waals surface area contributed by atoms with Gasteiger partial charge in [-0.15, -0.1) is 0 Å². The Morgan fingerprint density at radius 2 is 2.11 bits per heavy atom. The molecule has 6 N–H and O–H groups in total. The molecule has 0 saturated heterocycles. The van der Waals surface area contributed by atoms with Crippen LogP contribution in [0.5, 0.6) is 0 Å². The summed E-state index contributed by atoms with van der Waals surface area (Å²) < 4.78 is 4.58. The second kappa shape index (κ2) is 7.58. The van der Waals surface area contributed by atoms with Gasteiger partial charge in [-0.25, -0.2) is 0 Å². The molecule has 0 aliphatic heterocycles. The zero-order valence-corrected chi connectivity index (χ0v) is 9.81. The number of hydrogen-bond donors (Lipinski definition) is 5. The number of nitrogens with one attached hydrogen (secondary N) is 1. The number of likely N-dealkylation sites (N-methyl/N-ethyl adjacent to an activating group) is 1. The number of aliphatic hydroxyl groups is 3. The fraction of sp³-hybridized carbons (Fsp3) is 0.667. The highest BCUT2D eigenvalue weighted by Gasteiger charge is 2.29. The summed E-state index contributed by atoms with van der Waals surface area (Å²) in [5, 5.41) is 34.1. The highest BCUT2D eigenvalue weighted by Crippen LogP contribution is 2.03. The van der Waals surface area contributed by atoms with Gasteiger partial charge in [0.2, 0.25) is 0 Å². The average Bonchev–Trinajstić information content (AvgIpc) is 2.33. The summed E-state index contributed by atoms with van der Waals surface area (Å²) in [6, 6.07) is 0. The van der Waals surface area contributed by atoms with E-state index in [4.69, 9.17) is 21.4 Å². The lowest BCUT2D eigenvalue weighted by Crippen LogP contribution is -2.45. The number of aldehydes is 1. The number of nitrogens with zero attached hydrogens (tertiary/aromatic N) is 1. The van der Waals surface area contributed by atoms with E-state index in [1.165, 1.54) is 7.05 Å². The molecular formula is C9H17N3O6. The van der Waals surface area contributed by atoms with Gasteiger partial charge in [-0.1, -0.05) is 0 Å². The fourth-order valence-corrected chi connectivity index (χ4v) is 0.973. The van der Waals surface area contributed by atoms with Gasteiger partial charge in [0.25, 0.3) is 0 Å². The third-order valence-corrected chi connectivity index (χ3v) is 2.10. The number of guanidine groups is 1. The molecule has 0 radical (unpaired) electrons. The average molecular weight is 263 g/mol. The third-order valence-electron chi connectivity index (χ3n) is 2.10. The Morgan fingerprint density at radius 1 is 1.56 bits per heavy atom. The second-order valence-corrected chi connectivity index (χ2v) is 3.57. The van der Waals surface area contributed by atoms with Crippen LogP contribution >= 0.6 is 0 Å². The minimum atomic E-state index is -1.72. The van der Waals surface area contributed by atoms with Crippen molar-refractivity contribution < 1.29 is 29.6 Å². The van der Waals surface area contributed by atoms with Crippen molar-refractivity contribution in [1.29, 1.82) is 5.41 Å². The molecule has 0 aromatic carbocycles. The predicted octanol–water partition coefficient (Wildman–Crippen LogP) is -3.36. The molecule has 0 amide bonds. The molecule has 0 rings (SSSR count). The Bertz CT molecular complexity index is 311. The van der Waals surface area contributed by atoms with E-state index in [1.54, 1.807) is 0 Å². The first-order chi connectivity index (χ1) is 8.33. The Morgan fingerprint density at radius 3 is 2.50 bits per heavy atom.